The molecule has 0 saturated heterocycles. The number of carboxylic acid groups (broad SMARTS) is 1. The number of hydrogen-bond donors (Lipinski definition) is 2. The number of hydrogen-bond acceptors (Lipinski definition) is 3. The molecule has 0 bridgehead atoms. The molecule has 1 atom stereocenters. The number of carbonyl (C=O) groups is 1. The molecule has 0 amide bonds. The van der Waals surface area contributed by atoms with Crippen molar-refractivity contribution >= 4 is 5.97 Å². The summed E-state index contributed by atoms with van der Waals surface area (Å²) in [6.07, 6.45) is 0.778. The van der Waals surface area contributed by atoms with Crippen LogP contribution in [-0.4, -0.2) is 47.3 Å². The fourth-order valence-corrected chi connectivity index (χ4v) is 2.20. The number of rotatable bonds is 7. The van der Waals surface area contributed by atoms with E-state index in [4.69, 9.17) is 10.2 Å². The lowest BCUT2D eigenvalue weighted by molar-refractivity contribution is -0.138. The first-order chi connectivity index (χ1) is 8.93. The number of carboxylic acids is 1. The summed E-state index contributed by atoms with van der Waals surface area (Å²) in [7, 11) is 1.86. The van der Waals surface area contributed by atoms with Crippen molar-refractivity contribution in [1.29, 1.82) is 0 Å². The van der Waals surface area contributed by atoms with Gasteiger partial charge in [-0.1, -0.05) is 23.8 Å². The number of nitrogens with zero attached hydrogens (tertiary/aromatic N) is 1. The van der Waals surface area contributed by atoms with Gasteiger partial charge in [0.25, 0.3) is 0 Å². The summed E-state index contributed by atoms with van der Waals surface area (Å²) in [6, 6.07) is 6.14. The van der Waals surface area contributed by atoms with Gasteiger partial charge in [0.15, 0.2) is 0 Å². The fourth-order valence-electron chi connectivity index (χ4n) is 2.20. The van der Waals surface area contributed by atoms with Crippen LogP contribution in [0.1, 0.15) is 23.1 Å². The normalized spacial score (nSPS) is 12.7. The highest BCUT2D eigenvalue weighted by atomic mass is 16.4. The number of likely N-dealkylation sites (N-methyl/N-ethyl adjacent to an activating group) is 1. The summed E-state index contributed by atoms with van der Waals surface area (Å²) in [5, 5.41) is 18.0. The van der Waals surface area contributed by atoms with Crippen LogP contribution in [0, 0.1) is 13.8 Å². The third-order valence-corrected chi connectivity index (χ3v) is 3.45. The standard InChI is InChI=1S/C15H23NO3/c1-11-4-5-12(2)13(8-11)9-14(10-15(18)19)16(3)6-7-17/h4-5,8,14,17H,6-7,9-10H2,1-3H3,(H,18,19). The average molecular weight is 265 g/mol. The van der Waals surface area contributed by atoms with E-state index >= 15 is 0 Å². The Morgan fingerprint density at radius 3 is 2.63 bits per heavy atom. The Bertz CT molecular complexity index is 431. The van der Waals surface area contributed by atoms with Crippen molar-refractivity contribution in [3.8, 4) is 0 Å². The molecule has 4 nitrogen and oxygen atoms in total. The van der Waals surface area contributed by atoms with Gasteiger partial charge in [-0.2, -0.15) is 0 Å². The number of benzene rings is 1. The second-order valence-electron chi connectivity index (χ2n) is 5.09. The molecule has 0 aliphatic rings. The Morgan fingerprint density at radius 1 is 1.37 bits per heavy atom. The van der Waals surface area contributed by atoms with E-state index in [9.17, 15) is 4.79 Å². The minimum absolute atomic E-state index is 0.0411. The molecule has 0 spiro atoms. The smallest absolute Gasteiger partial charge is 0.304 e. The van der Waals surface area contributed by atoms with Crippen molar-refractivity contribution < 1.29 is 15.0 Å². The second kappa shape index (κ2) is 7.26. The van der Waals surface area contributed by atoms with Gasteiger partial charge in [0.1, 0.15) is 0 Å². The first kappa shape index (κ1) is 15.7. The fraction of sp³-hybridized carbons (Fsp3) is 0.533. The van der Waals surface area contributed by atoms with Gasteiger partial charge < -0.3 is 15.1 Å². The van der Waals surface area contributed by atoms with E-state index in [1.807, 2.05) is 25.8 Å². The largest absolute Gasteiger partial charge is 0.481 e. The SMILES string of the molecule is Cc1ccc(C)c(CC(CC(=O)O)N(C)CCO)c1. The molecular weight excluding hydrogens is 242 g/mol. The molecule has 0 aromatic heterocycles. The van der Waals surface area contributed by atoms with Crippen LogP contribution in [0.2, 0.25) is 0 Å². The Hall–Kier alpha value is -1.39. The van der Waals surface area contributed by atoms with Crippen LogP contribution in [0.5, 0.6) is 0 Å². The summed E-state index contributed by atoms with van der Waals surface area (Å²) in [5.74, 6) is -0.805. The number of aliphatic hydroxyl groups is 1. The van der Waals surface area contributed by atoms with Gasteiger partial charge in [-0.05, 0) is 38.4 Å². The van der Waals surface area contributed by atoms with Gasteiger partial charge in [-0.25, -0.2) is 0 Å². The predicted octanol–water partition coefficient (Wildman–Crippen LogP) is 1.61. The van der Waals surface area contributed by atoms with Crippen molar-refractivity contribution in [2.75, 3.05) is 20.2 Å². The maximum absolute atomic E-state index is 11.0. The van der Waals surface area contributed by atoms with Crippen LogP contribution in [0.15, 0.2) is 18.2 Å². The monoisotopic (exact) mass is 265 g/mol. The van der Waals surface area contributed by atoms with E-state index in [2.05, 4.69) is 18.2 Å². The molecule has 0 saturated carbocycles. The summed E-state index contributed by atoms with van der Waals surface area (Å²) in [6.45, 7) is 4.60. The number of aliphatic carboxylic acids is 1. The quantitative estimate of drug-likeness (QED) is 0.786. The topological polar surface area (TPSA) is 60.8 Å². The second-order valence-corrected chi connectivity index (χ2v) is 5.09. The summed E-state index contributed by atoms with van der Waals surface area (Å²) >= 11 is 0. The van der Waals surface area contributed by atoms with Gasteiger partial charge in [-0.3, -0.25) is 4.79 Å². The van der Waals surface area contributed by atoms with Gasteiger partial charge in [-0.15, -0.1) is 0 Å². The molecule has 19 heavy (non-hydrogen) atoms. The molecule has 1 aromatic carbocycles. The highest BCUT2D eigenvalue weighted by Gasteiger charge is 2.19. The van der Waals surface area contributed by atoms with Crippen molar-refractivity contribution in [2.45, 2.75) is 32.7 Å². The Labute approximate surface area is 114 Å². The molecule has 2 N–H and O–H groups in total. The van der Waals surface area contributed by atoms with Crippen molar-refractivity contribution in [3.05, 3.63) is 34.9 Å². The van der Waals surface area contributed by atoms with Crippen molar-refractivity contribution in [1.82, 2.24) is 4.90 Å². The zero-order valence-corrected chi connectivity index (χ0v) is 11.9. The summed E-state index contributed by atoms with van der Waals surface area (Å²) < 4.78 is 0. The first-order valence-corrected chi connectivity index (χ1v) is 6.53. The van der Waals surface area contributed by atoms with Crippen molar-refractivity contribution in [3.63, 3.8) is 0 Å². The van der Waals surface area contributed by atoms with Crippen LogP contribution in [0.4, 0.5) is 0 Å². The lowest BCUT2D eigenvalue weighted by Crippen LogP contribution is -2.37. The van der Waals surface area contributed by atoms with Gasteiger partial charge in [0.2, 0.25) is 0 Å². The third kappa shape index (κ3) is 5.01. The molecule has 0 fully saturated rings. The molecular formula is C15H23NO3. The van der Waals surface area contributed by atoms with Gasteiger partial charge >= 0.3 is 5.97 Å². The lowest BCUT2D eigenvalue weighted by atomic mass is 9.96. The Morgan fingerprint density at radius 2 is 2.05 bits per heavy atom. The molecule has 1 aromatic rings. The third-order valence-electron chi connectivity index (χ3n) is 3.45. The average Bonchev–Trinajstić information content (AvgIpc) is 2.32. The number of aryl methyl sites for hydroxylation is 2. The van der Waals surface area contributed by atoms with Gasteiger partial charge in [0, 0.05) is 12.6 Å². The molecule has 0 aliphatic heterocycles. The zero-order chi connectivity index (χ0) is 14.4. The van der Waals surface area contributed by atoms with Crippen molar-refractivity contribution in [2.24, 2.45) is 0 Å². The number of aliphatic hydroxyl groups excluding tert-OH is 1. The van der Waals surface area contributed by atoms with E-state index in [-0.39, 0.29) is 19.1 Å². The highest BCUT2D eigenvalue weighted by Crippen LogP contribution is 2.16. The van der Waals surface area contributed by atoms with Crippen LogP contribution in [-0.2, 0) is 11.2 Å². The molecule has 1 rings (SSSR count). The van der Waals surface area contributed by atoms with E-state index in [1.54, 1.807) is 0 Å². The maximum Gasteiger partial charge on any atom is 0.304 e. The highest BCUT2D eigenvalue weighted by molar-refractivity contribution is 5.67. The first-order valence-electron chi connectivity index (χ1n) is 6.53. The Balaban J connectivity index is 2.86. The minimum atomic E-state index is -0.805. The molecule has 1 unspecified atom stereocenters. The van der Waals surface area contributed by atoms with E-state index in [0.29, 0.717) is 13.0 Å². The molecule has 4 heteroatoms. The zero-order valence-electron chi connectivity index (χ0n) is 11.9. The molecule has 106 valence electrons. The molecule has 0 aliphatic carbocycles. The predicted molar refractivity (Wildman–Crippen MR) is 75.4 cm³/mol. The molecule has 0 heterocycles. The van der Waals surface area contributed by atoms with Crippen LogP contribution in [0.25, 0.3) is 0 Å². The minimum Gasteiger partial charge on any atom is -0.481 e. The van der Waals surface area contributed by atoms with E-state index in [0.717, 1.165) is 0 Å². The Kier molecular flexibility index (Phi) is 5.99. The van der Waals surface area contributed by atoms with Gasteiger partial charge in [0.05, 0.1) is 13.0 Å². The summed E-state index contributed by atoms with van der Waals surface area (Å²) in [4.78, 5) is 12.9. The van der Waals surface area contributed by atoms with E-state index in [1.165, 1.54) is 16.7 Å². The van der Waals surface area contributed by atoms with Crippen LogP contribution < -0.4 is 0 Å². The maximum atomic E-state index is 11.0. The summed E-state index contributed by atoms with van der Waals surface area (Å²) in [5.41, 5.74) is 3.54. The van der Waals surface area contributed by atoms with Crippen LogP contribution >= 0.6 is 0 Å². The molecule has 0 radical (unpaired) electrons. The lowest BCUT2D eigenvalue weighted by Gasteiger charge is -2.27. The van der Waals surface area contributed by atoms with E-state index < -0.39 is 5.97 Å². The van der Waals surface area contributed by atoms with Crippen LogP contribution in [0.3, 0.4) is 0 Å².